The number of rotatable bonds is 2. The van der Waals surface area contributed by atoms with Crippen LogP contribution in [-0.4, -0.2) is 38.8 Å². The lowest BCUT2D eigenvalue weighted by Gasteiger charge is -2.39. The summed E-state index contributed by atoms with van der Waals surface area (Å²) in [7, 11) is 0. The van der Waals surface area contributed by atoms with E-state index in [9.17, 15) is 9.59 Å². The Labute approximate surface area is 168 Å². The van der Waals surface area contributed by atoms with E-state index in [-0.39, 0.29) is 16.9 Å². The second-order valence-electron chi connectivity index (χ2n) is 7.92. The summed E-state index contributed by atoms with van der Waals surface area (Å²) in [6, 6.07) is 13.3. The number of fused-ring (bicyclic) bond motifs is 2. The average molecular weight is 386 g/mol. The molecular weight excluding hydrogens is 364 g/mol. The highest BCUT2D eigenvalue weighted by Gasteiger charge is 2.44. The van der Waals surface area contributed by atoms with E-state index in [1.165, 1.54) is 0 Å². The molecule has 0 unspecified atom stereocenters. The van der Waals surface area contributed by atoms with Crippen LogP contribution in [0.5, 0.6) is 0 Å². The van der Waals surface area contributed by atoms with Crippen LogP contribution in [0.2, 0.25) is 0 Å². The molecule has 2 aromatic heterocycles. The molecule has 0 saturated carbocycles. The summed E-state index contributed by atoms with van der Waals surface area (Å²) in [5, 5.41) is 0. The number of aromatic amines is 1. The van der Waals surface area contributed by atoms with Crippen LogP contribution in [-0.2, 0) is 11.8 Å². The van der Waals surface area contributed by atoms with Crippen molar-refractivity contribution >= 4 is 5.91 Å². The van der Waals surface area contributed by atoms with Gasteiger partial charge in [-0.15, -0.1) is 0 Å². The molecule has 1 aliphatic carbocycles. The molecule has 1 amide bonds. The first kappa shape index (κ1) is 17.8. The van der Waals surface area contributed by atoms with Gasteiger partial charge < -0.3 is 9.88 Å². The summed E-state index contributed by atoms with van der Waals surface area (Å²) in [5.41, 5.74) is 3.15. The molecule has 3 aromatic rings. The van der Waals surface area contributed by atoms with Gasteiger partial charge in [-0.05, 0) is 37.8 Å². The zero-order valence-corrected chi connectivity index (χ0v) is 16.1. The van der Waals surface area contributed by atoms with Crippen LogP contribution in [0.1, 0.15) is 40.9 Å². The highest BCUT2D eigenvalue weighted by Crippen LogP contribution is 2.44. The lowest BCUT2D eigenvalue weighted by molar-refractivity contribution is 0.0663. The molecule has 6 heteroatoms. The van der Waals surface area contributed by atoms with Crippen molar-refractivity contribution < 1.29 is 4.79 Å². The van der Waals surface area contributed by atoms with Gasteiger partial charge in [0.1, 0.15) is 5.82 Å². The molecule has 6 nitrogen and oxygen atoms in total. The Kier molecular flexibility index (Phi) is 4.27. The molecule has 1 saturated heterocycles. The first-order chi connectivity index (χ1) is 14.2. The molecule has 0 bridgehead atoms. The van der Waals surface area contributed by atoms with Gasteiger partial charge in [-0.2, -0.15) is 0 Å². The molecule has 0 radical (unpaired) electrons. The van der Waals surface area contributed by atoms with Crippen LogP contribution in [0.3, 0.4) is 0 Å². The molecule has 29 heavy (non-hydrogen) atoms. The van der Waals surface area contributed by atoms with E-state index in [4.69, 9.17) is 4.98 Å². The van der Waals surface area contributed by atoms with Crippen LogP contribution in [0.25, 0.3) is 11.4 Å². The number of amides is 1. The number of piperidine rings is 1. The van der Waals surface area contributed by atoms with E-state index in [1.807, 2.05) is 35.2 Å². The van der Waals surface area contributed by atoms with E-state index in [2.05, 4.69) is 9.97 Å². The van der Waals surface area contributed by atoms with E-state index in [1.54, 1.807) is 24.5 Å². The monoisotopic (exact) mass is 386 g/mol. The number of aromatic nitrogens is 3. The quantitative estimate of drug-likeness (QED) is 0.734. The first-order valence-corrected chi connectivity index (χ1v) is 10.0. The van der Waals surface area contributed by atoms with Gasteiger partial charge in [0.15, 0.2) is 0 Å². The van der Waals surface area contributed by atoms with E-state index in [0.717, 1.165) is 42.5 Å². The third kappa shape index (κ3) is 3.05. The van der Waals surface area contributed by atoms with Crippen molar-refractivity contribution in [1.29, 1.82) is 0 Å². The van der Waals surface area contributed by atoms with Gasteiger partial charge in [-0.1, -0.05) is 30.3 Å². The molecule has 5 rings (SSSR count). The van der Waals surface area contributed by atoms with E-state index in [0.29, 0.717) is 24.5 Å². The molecule has 1 aromatic carbocycles. The predicted molar refractivity (Wildman–Crippen MR) is 110 cm³/mol. The van der Waals surface area contributed by atoms with Gasteiger partial charge in [0, 0.05) is 42.0 Å². The number of carbonyl (C=O) groups is 1. The van der Waals surface area contributed by atoms with Crippen LogP contribution in [0.4, 0.5) is 0 Å². The largest absolute Gasteiger partial charge is 0.339 e. The maximum Gasteiger partial charge on any atom is 0.255 e. The second-order valence-corrected chi connectivity index (χ2v) is 7.92. The average Bonchev–Trinajstić information content (AvgIpc) is 3.13. The zero-order chi connectivity index (χ0) is 19.8. The highest BCUT2D eigenvalue weighted by molar-refractivity contribution is 5.93. The van der Waals surface area contributed by atoms with Crippen molar-refractivity contribution in [3.63, 3.8) is 0 Å². The fourth-order valence-electron chi connectivity index (χ4n) is 4.68. The number of nitrogens with zero attached hydrogens (tertiary/aromatic N) is 3. The molecular formula is C23H22N4O2. The Morgan fingerprint density at radius 2 is 1.83 bits per heavy atom. The van der Waals surface area contributed by atoms with Crippen LogP contribution in [0, 0.1) is 0 Å². The Hall–Kier alpha value is -3.28. The van der Waals surface area contributed by atoms with Crippen molar-refractivity contribution in [3.8, 4) is 11.4 Å². The van der Waals surface area contributed by atoms with Crippen LogP contribution < -0.4 is 5.56 Å². The standard InChI is InChI=1S/C23H22N4O2/c28-21-18-8-9-23(19(18)25-20(26-21)16-5-2-1-3-6-16)10-13-27(14-11-23)22(29)17-7-4-12-24-15-17/h1-7,12,15H,8-11,13-14H2,(H,25,26,28). The predicted octanol–water partition coefficient (Wildman–Crippen LogP) is 2.95. The Morgan fingerprint density at radius 3 is 2.55 bits per heavy atom. The number of H-pyrrole nitrogens is 1. The summed E-state index contributed by atoms with van der Waals surface area (Å²) in [6.45, 7) is 1.34. The van der Waals surface area contributed by atoms with Crippen molar-refractivity contribution in [2.45, 2.75) is 31.1 Å². The third-order valence-corrected chi connectivity index (χ3v) is 6.33. The maximum absolute atomic E-state index is 12.8. The number of pyridine rings is 1. The fourth-order valence-corrected chi connectivity index (χ4v) is 4.68. The van der Waals surface area contributed by atoms with Crippen LogP contribution >= 0.6 is 0 Å². The Morgan fingerprint density at radius 1 is 1.03 bits per heavy atom. The van der Waals surface area contributed by atoms with Gasteiger partial charge in [0.05, 0.1) is 11.3 Å². The first-order valence-electron chi connectivity index (χ1n) is 10.0. The normalized spacial score (nSPS) is 17.3. The molecule has 1 N–H and O–H groups in total. The van der Waals surface area contributed by atoms with Crippen molar-refractivity contribution in [2.24, 2.45) is 0 Å². The highest BCUT2D eigenvalue weighted by atomic mass is 16.2. The van der Waals surface area contributed by atoms with Gasteiger partial charge >= 0.3 is 0 Å². The summed E-state index contributed by atoms with van der Waals surface area (Å²) in [6.07, 6.45) is 6.62. The number of carbonyl (C=O) groups excluding carboxylic acids is 1. The minimum Gasteiger partial charge on any atom is -0.339 e. The Bertz CT molecular complexity index is 1100. The summed E-state index contributed by atoms with van der Waals surface area (Å²) < 4.78 is 0. The molecule has 2 aliphatic rings. The number of nitrogens with one attached hydrogen (secondary N) is 1. The van der Waals surface area contributed by atoms with E-state index < -0.39 is 0 Å². The number of benzene rings is 1. The maximum atomic E-state index is 12.8. The number of likely N-dealkylation sites (tertiary alicyclic amines) is 1. The minimum absolute atomic E-state index is 0.0232. The third-order valence-electron chi connectivity index (χ3n) is 6.33. The van der Waals surface area contributed by atoms with Crippen LogP contribution in [0.15, 0.2) is 59.7 Å². The van der Waals surface area contributed by atoms with Gasteiger partial charge in [-0.3, -0.25) is 14.6 Å². The summed E-state index contributed by atoms with van der Waals surface area (Å²) in [4.78, 5) is 39.3. The lowest BCUT2D eigenvalue weighted by atomic mass is 9.76. The molecule has 1 aliphatic heterocycles. The van der Waals surface area contributed by atoms with Crippen molar-refractivity contribution in [2.75, 3.05) is 13.1 Å². The molecule has 146 valence electrons. The minimum atomic E-state index is -0.112. The van der Waals surface area contributed by atoms with Gasteiger partial charge in [-0.25, -0.2) is 4.98 Å². The van der Waals surface area contributed by atoms with E-state index >= 15 is 0 Å². The zero-order valence-electron chi connectivity index (χ0n) is 16.1. The molecule has 0 atom stereocenters. The van der Waals surface area contributed by atoms with Crippen molar-refractivity contribution in [1.82, 2.24) is 19.9 Å². The summed E-state index contributed by atoms with van der Waals surface area (Å²) >= 11 is 0. The fraction of sp³-hybridized carbons (Fsp3) is 0.304. The number of hydrogen-bond donors (Lipinski definition) is 1. The topological polar surface area (TPSA) is 79.0 Å². The Balaban J connectivity index is 1.43. The SMILES string of the molecule is O=C(c1cccnc1)N1CCC2(CCc3c2nc(-c2ccccc2)[nH]c3=O)CC1. The van der Waals surface area contributed by atoms with Gasteiger partial charge in [0.25, 0.3) is 11.5 Å². The lowest BCUT2D eigenvalue weighted by Crippen LogP contribution is -2.44. The smallest absolute Gasteiger partial charge is 0.255 e. The molecule has 1 spiro atoms. The molecule has 3 heterocycles. The second kappa shape index (κ2) is 6.95. The number of hydrogen-bond acceptors (Lipinski definition) is 4. The van der Waals surface area contributed by atoms with Gasteiger partial charge in [0.2, 0.25) is 0 Å². The molecule has 1 fully saturated rings. The van der Waals surface area contributed by atoms with Crippen molar-refractivity contribution in [3.05, 3.63) is 82.0 Å². The summed E-state index contributed by atoms with van der Waals surface area (Å²) in [5.74, 6) is 0.652.